The molecule has 0 atom stereocenters. The zero-order valence-electron chi connectivity index (χ0n) is 43.0. The van der Waals surface area contributed by atoms with Gasteiger partial charge in [0.1, 0.15) is 25.3 Å². The van der Waals surface area contributed by atoms with E-state index < -0.39 is 8.07 Å². The number of para-hydroxylation sites is 2. The summed E-state index contributed by atoms with van der Waals surface area (Å²) < 4.78 is 4.68. The average Bonchev–Trinajstić information content (AvgIpc) is 3.93. The van der Waals surface area contributed by atoms with Crippen molar-refractivity contribution in [2.75, 3.05) is 0 Å². The molecule has 11 aromatic rings. The Morgan fingerprint density at radius 3 is 1.81 bits per heavy atom. The molecule has 3 aromatic heterocycles. The molecule has 7 heteroatoms. The van der Waals surface area contributed by atoms with Gasteiger partial charge in [0.15, 0.2) is 0 Å². The minimum atomic E-state index is -2.97. The van der Waals surface area contributed by atoms with Gasteiger partial charge in [-0.25, -0.2) is 9.97 Å². The summed E-state index contributed by atoms with van der Waals surface area (Å²) >= 11 is 0. The maximum atomic E-state index is 12.7. The van der Waals surface area contributed by atoms with Crippen LogP contribution in [0.4, 0.5) is 0 Å². The maximum absolute atomic E-state index is 12.7. The third-order valence-electron chi connectivity index (χ3n) is 15.1. The fraction of sp³-hybridized carbons (Fsp3) is 0.182. The molecule has 1 aliphatic rings. The van der Waals surface area contributed by atoms with Gasteiger partial charge < -0.3 is 9.67 Å². The number of pyridine rings is 1. The molecular weight excluding hydrogens is 999 g/mol. The Kier molecular flexibility index (Phi) is 11.6. The van der Waals surface area contributed by atoms with Crippen molar-refractivity contribution in [2.24, 2.45) is 0 Å². The first kappa shape index (κ1) is 48.1. The third kappa shape index (κ3) is 7.58. The predicted molar refractivity (Wildman–Crippen MR) is 303 cm³/mol. The number of phenols is 1. The molecule has 4 heterocycles. The normalized spacial score (nSPS) is 13.3. The van der Waals surface area contributed by atoms with Crippen molar-refractivity contribution in [3.8, 4) is 50.8 Å². The number of benzene rings is 8. The van der Waals surface area contributed by atoms with Gasteiger partial charge in [-0.05, 0) is 80.2 Å². The van der Waals surface area contributed by atoms with Crippen molar-refractivity contribution in [1.29, 1.82) is 0 Å². The van der Waals surface area contributed by atoms with E-state index in [1.165, 1.54) is 37.2 Å². The summed E-state index contributed by atoms with van der Waals surface area (Å²) in [5.74, 6) is 0.931. The Bertz CT molecular complexity index is 3890. The second-order valence-electron chi connectivity index (χ2n) is 22.7. The molecule has 0 bridgehead atoms. The second kappa shape index (κ2) is 17.5. The largest absolute Gasteiger partial charge is 0.507 e. The van der Waals surface area contributed by atoms with Crippen LogP contribution in [-0.4, -0.2) is 32.3 Å². The Hall–Kier alpha value is -7.14. The molecule has 364 valence electrons. The molecular formula is C66H59N4OPdSi-. The van der Waals surface area contributed by atoms with Gasteiger partial charge in [-0.3, -0.25) is 4.57 Å². The first-order valence-corrected chi connectivity index (χ1v) is 27.2. The smallest absolute Gasteiger partial charge is 0.148 e. The fourth-order valence-corrected chi connectivity index (χ4v) is 16.5. The van der Waals surface area contributed by atoms with Crippen LogP contribution in [0.1, 0.15) is 79.0 Å². The van der Waals surface area contributed by atoms with Gasteiger partial charge in [0.05, 0.1) is 27.8 Å². The topological polar surface area (TPSA) is 55.9 Å². The van der Waals surface area contributed by atoms with Gasteiger partial charge in [-0.2, -0.15) is 0 Å². The van der Waals surface area contributed by atoms with Crippen LogP contribution in [0, 0.1) is 6.07 Å². The number of aromatic hydroxyl groups is 1. The zero-order chi connectivity index (χ0) is 49.9. The number of phenolic OH excluding ortho intramolecular Hbond substituents is 1. The number of fused-ring (bicyclic) bond motifs is 6. The van der Waals surface area contributed by atoms with Crippen LogP contribution in [0.2, 0.25) is 0 Å². The van der Waals surface area contributed by atoms with Crippen molar-refractivity contribution in [3.05, 3.63) is 211 Å². The summed E-state index contributed by atoms with van der Waals surface area (Å²) in [4.78, 5) is 10.9. The Morgan fingerprint density at radius 1 is 0.521 bits per heavy atom. The van der Waals surface area contributed by atoms with Crippen LogP contribution in [0.5, 0.6) is 5.75 Å². The van der Waals surface area contributed by atoms with Crippen molar-refractivity contribution in [2.45, 2.75) is 78.6 Å². The molecule has 12 rings (SSSR count). The van der Waals surface area contributed by atoms with Crippen LogP contribution in [-0.2, 0) is 36.7 Å². The molecule has 0 aliphatic carbocycles. The summed E-state index contributed by atoms with van der Waals surface area (Å²) in [6.07, 6.45) is 1.91. The van der Waals surface area contributed by atoms with Crippen molar-refractivity contribution in [1.82, 2.24) is 19.1 Å². The number of aromatic nitrogens is 4. The Balaban J connectivity index is 0.00000574. The van der Waals surface area contributed by atoms with E-state index in [4.69, 9.17) is 9.97 Å². The van der Waals surface area contributed by atoms with Crippen LogP contribution < -0.4 is 20.7 Å². The quantitative estimate of drug-likeness (QED) is 0.133. The number of hydrogen-bond donors (Lipinski definition) is 1. The minimum Gasteiger partial charge on any atom is -0.507 e. The number of imidazole rings is 1. The number of hydrogen-bond acceptors (Lipinski definition) is 3. The molecule has 0 saturated carbocycles. The molecule has 0 fully saturated rings. The molecule has 5 nitrogen and oxygen atoms in total. The standard InChI is InChI=1S/C66H59N4OSi.Pd/c1-64(2,3)44-34-35-54(51(39-44)42-22-13-10-14-23-42)69-55-31-19-28-48(59(55)68-63(69)52-40-45(65(4,5)6)41-53(61(52)71)66(7,8)9)43-33-36-57-56(38-43)70-60-49(50-30-21-37-67-62(50)70)29-20-32-58(60)72(57,46-24-15-11-16-25-46)47-26-17-12-18-27-47;/h10-37,39-41,71H,1-9H3;/q-1;. The van der Waals surface area contributed by atoms with E-state index in [-0.39, 0.29) is 42.4 Å². The van der Waals surface area contributed by atoms with Crippen molar-refractivity contribution in [3.63, 3.8) is 0 Å². The van der Waals surface area contributed by atoms with Gasteiger partial charge in [-0.1, -0.05) is 217 Å². The fourth-order valence-electron chi connectivity index (χ4n) is 11.4. The van der Waals surface area contributed by atoms with Gasteiger partial charge in [0, 0.05) is 48.5 Å². The number of rotatable bonds is 6. The van der Waals surface area contributed by atoms with Gasteiger partial charge in [-0.15, -0.1) is 23.8 Å². The molecule has 0 amide bonds. The first-order valence-electron chi connectivity index (χ1n) is 25.2. The molecule has 0 spiro atoms. The summed E-state index contributed by atoms with van der Waals surface area (Å²) in [7, 11) is -2.97. The molecule has 8 aromatic carbocycles. The second-order valence-corrected chi connectivity index (χ2v) is 26.5. The summed E-state index contributed by atoms with van der Waals surface area (Å²) in [5, 5.41) is 20.3. The molecule has 1 N–H and O–H groups in total. The van der Waals surface area contributed by atoms with Crippen molar-refractivity contribution >= 4 is 61.8 Å². The summed E-state index contributed by atoms with van der Waals surface area (Å²) in [5.41, 5.74) is 13.3. The van der Waals surface area contributed by atoms with Gasteiger partial charge in [0.25, 0.3) is 0 Å². The van der Waals surface area contributed by atoms with E-state index in [2.05, 4.69) is 253 Å². The third-order valence-corrected chi connectivity index (χ3v) is 19.9. The van der Waals surface area contributed by atoms with Crippen LogP contribution in [0.3, 0.4) is 0 Å². The summed E-state index contributed by atoms with van der Waals surface area (Å²) in [6, 6.07) is 70.6. The van der Waals surface area contributed by atoms with Crippen molar-refractivity contribution < 1.29 is 25.5 Å². The van der Waals surface area contributed by atoms with E-state index in [1.807, 2.05) is 12.3 Å². The Morgan fingerprint density at radius 2 is 1.15 bits per heavy atom. The maximum Gasteiger partial charge on any atom is 0.148 e. The SMILES string of the molecule is CC(C)(C)c1ccc(-n2c(-c3cc(C(C)(C)C)cc(C(C)(C)C)c3O)nc3c(-c4[c-]c5c(cc4)[Si](c4ccccc4)(c4ccccc4)c4cccc6c7cccnc7n-5c46)cccc32)c(-c2ccccc2)c1.[Pd]. The monoisotopic (exact) mass is 1060 g/mol. The first-order chi connectivity index (χ1) is 34.5. The molecule has 1 aliphatic heterocycles. The van der Waals surface area contributed by atoms with Gasteiger partial charge in [0.2, 0.25) is 0 Å². The zero-order valence-corrected chi connectivity index (χ0v) is 45.5. The van der Waals surface area contributed by atoms with E-state index in [0.717, 1.165) is 66.8 Å². The van der Waals surface area contributed by atoms with Crippen LogP contribution in [0.25, 0.3) is 78.0 Å². The number of nitrogens with zero attached hydrogens (tertiary/aromatic N) is 4. The van der Waals surface area contributed by atoms with E-state index in [1.54, 1.807) is 0 Å². The van der Waals surface area contributed by atoms with E-state index in [9.17, 15) is 5.11 Å². The van der Waals surface area contributed by atoms with Crippen LogP contribution in [0.15, 0.2) is 188 Å². The minimum absolute atomic E-state index is 0. The van der Waals surface area contributed by atoms with E-state index >= 15 is 0 Å². The Labute approximate surface area is 443 Å². The van der Waals surface area contributed by atoms with E-state index in [0.29, 0.717) is 11.4 Å². The molecule has 0 unspecified atom stereocenters. The predicted octanol–water partition coefficient (Wildman–Crippen LogP) is 13.6. The molecule has 73 heavy (non-hydrogen) atoms. The van der Waals surface area contributed by atoms with Gasteiger partial charge >= 0.3 is 0 Å². The molecule has 0 radical (unpaired) electrons. The van der Waals surface area contributed by atoms with Crippen LogP contribution >= 0.6 is 0 Å². The molecule has 0 saturated heterocycles. The summed E-state index contributed by atoms with van der Waals surface area (Å²) in [6.45, 7) is 20.0. The average molecular weight is 1060 g/mol.